The third kappa shape index (κ3) is 2.37. The van der Waals surface area contributed by atoms with Crippen molar-refractivity contribution in [1.82, 2.24) is 4.98 Å². The monoisotopic (exact) mass is 246 g/mol. The van der Waals surface area contributed by atoms with E-state index in [9.17, 15) is 0 Å². The molecule has 0 radical (unpaired) electrons. The third-order valence-electron chi connectivity index (χ3n) is 3.35. The SMILES string of the molecule is ClC1CC(CNc2ccc3ccccc3n2)C1. The van der Waals surface area contributed by atoms with E-state index in [-0.39, 0.29) is 0 Å². The highest BCUT2D eigenvalue weighted by molar-refractivity contribution is 6.21. The molecule has 1 aromatic carbocycles. The van der Waals surface area contributed by atoms with E-state index < -0.39 is 0 Å². The molecule has 2 aromatic rings. The summed E-state index contributed by atoms with van der Waals surface area (Å²) in [4.78, 5) is 4.58. The molecule has 0 saturated heterocycles. The largest absolute Gasteiger partial charge is 0.370 e. The van der Waals surface area contributed by atoms with Gasteiger partial charge in [-0.3, -0.25) is 0 Å². The van der Waals surface area contributed by atoms with Crippen molar-refractivity contribution in [3.63, 3.8) is 0 Å². The first kappa shape index (κ1) is 10.8. The van der Waals surface area contributed by atoms with Crippen LogP contribution in [0.1, 0.15) is 12.8 Å². The molecule has 3 heteroatoms. The van der Waals surface area contributed by atoms with E-state index in [1.807, 2.05) is 24.3 Å². The number of anilines is 1. The Bertz CT molecular complexity index is 520. The lowest BCUT2D eigenvalue weighted by molar-refractivity contribution is 0.341. The van der Waals surface area contributed by atoms with E-state index in [0.717, 1.165) is 30.7 Å². The second-order valence-electron chi connectivity index (χ2n) is 4.70. The Balaban J connectivity index is 1.68. The number of nitrogens with zero attached hydrogens (tertiary/aromatic N) is 1. The fraction of sp³-hybridized carbons (Fsp3) is 0.357. The number of hydrogen-bond acceptors (Lipinski definition) is 2. The van der Waals surface area contributed by atoms with E-state index in [1.165, 1.54) is 5.39 Å². The van der Waals surface area contributed by atoms with Crippen LogP contribution < -0.4 is 5.32 Å². The predicted octanol–water partition coefficient (Wildman–Crippen LogP) is 3.66. The minimum Gasteiger partial charge on any atom is -0.370 e. The molecule has 1 N–H and O–H groups in total. The molecule has 1 aromatic heterocycles. The lowest BCUT2D eigenvalue weighted by atomic mass is 9.85. The number of aromatic nitrogens is 1. The van der Waals surface area contributed by atoms with Crippen molar-refractivity contribution in [2.45, 2.75) is 18.2 Å². The second-order valence-corrected chi connectivity index (χ2v) is 5.32. The number of hydrogen-bond donors (Lipinski definition) is 1. The van der Waals surface area contributed by atoms with Crippen LogP contribution in [0, 0.1) is 5.92 Å². The van der Waals surface area contributed by atoms with Crippen LogP contribution in [0.15, 0.2) is 36.4 Å². The van der Waals surface area contributed by atoms with E-state index in [0.29, 0.717) is 11.3 Å². The molecule has 3 rings (SSSR count). The Morgan fingerprint density at radius 1 is 1.18 bits per heavy atom. The van der Waals surface area contributed by atoms with Gasteiger partial charge in [0.1, 0.15) is 5.82 Å². The van der Waals surface area contributed by atoms with Gasteiger partial charge in [0.2, 0.25) is 0 Å². The maximum atomic E-state index is 5.96. The number of nitrogens with one attached hydrogen (secondary N) is 1. The summed E-state index contributed by atoms with van der Waals surface area (Å²) in [6.45, 7) is 0.981. The third-order valence-corrected chi connectivity index (χ3v) is 3.70. The molecule has 17 heavy (non-hydrogen) atoms. The first-order valence-corrected chi connectivity index (χ1v) is 6.48. The summed E-state index contributed by atoms with van der Waals surface area (Å²) in [5.41, 5.74) is 1.04. The van der Waals surface area contributed by atoms with Crippen molar-refractivity contribution in [3.05, 3.63) is 36.4 Å². The quantitative estimate of drug-likeness (QED) is 0.836. The molecule has 0 bridgehead atoms. The molecule has 1 aliphatic carbocycles. The van der Waals surface area contributed by atoms with E-state index in [2.05, 4.69) is 22.4 Å². The number of para-hydroxylation sites is 1. The lowest BCUT2D eigenvalue weighted by Crippen LogP contribution is -2.30. The first-order valence-electron chi connectivity index (χ1n) is 6.05. The number of benzene rings is 1. The molecule has 0 amide bonds. The standard InChI is InChI=1S/C14H15ClN2/c15-12-7-10(8-12)9-16-14-6-5-11-3-1-2-4-13(11)17-14/h1-6,10,12H,7-9H2,(H,16,17). The number of rotatable bonds is 3. The maximum Gasteiger partial charge on any atom is 0.126 e. The van der Waals surface area contributed by atoms with Gasteiger partial charge in [-0.05, 0) is 37.0 Å². The van der Waals surface area contributed by atoms with E-state index >= 15 is 0 Å². The van der Waals surface area contributed by atoms with Crippen molar-refractivity contribution in [3.8, 4) is 0 Å². The van der Waals surface area contributed by atoms with Gasteiger partial charge in [-0.15, -0.1) is 11.6 Å². The molecule has 0 aliphatic heterocycles. The van der Waals surface area contributed by atoms with Gasteiger partial charge in [-0.1, -0.05) is 18.2 Å². The van der Waals surface area contributed by atoms with Crippen LogP contribution >= 0.6 is 11.6 Å². The molecule has 1 aliphatic rings. The smallest absolute Gasteiger partial charge is 0.126 e. The van der Waals surface area contributed by atoms with Crippen LogP contribution in [-0.2, 0) is 0 Å². The second kappa shape index (κ2) is 4.53. The van der Waals surface area contributed by atoms with E-state index in [1.54, 1.807) is 0 Å². The Morgan fingerprint density at radius 2 is 2.00 bits per heavy atom. The summed E-state index contributed by atoms with van der Waals surface area (Å²) in [5, 5.41) is 4.97. The molecule has 0 unspecified atom stereocenters. The maximum absolute atomic E-state index is 5.96. The highest BCUT2D eigenvalue weighted by Gasteiger charge is 2.26. The fourth-order valence-electron chi connectivity index (χ4n) is 2.23. The zero-order chi connectivity index (χ0) is 11.7. The lowest BCUT2D eigenvalue weighted by Gasteiger charge is -2.31. The van der Waals surface area contributed by atoms with Gasteiger partial charge >= 0.3 is 0 Å². The highest BCUT2D eigenvalue weighted by Crippen LogP contribution is 2.31. The van der Waals surface area contributed by atoms with Crippen LogP contribution in [0.25, 0.3) is 10.9 Å². The Kier molecular flexibility index (Phi) is 2.89. The van der Waals surface area contributed by atoms with Gasteiger partial charge in [0.25, 0.3) is 0 Å². The molecular weight excluding hydrogens is 232 g/mol. The van der Waals surface area contributed by atoms with Gasteiger partial charge in [0.05, 0.1) is 5.52 Å². The fourth-order valence-corrected chi connectivity index (χ4v) is 2.74. The molecular formula is C14H15ClN2. The molecule has 2 nitrogen and oxygen atoms in total. The molecule has 0 spiro atoms. The van der Waals surface area contributed by atoms with Crippen LogP contribution in [-0.4, -0.2) is 16.9 Å². The molecule has 0 atom stereocenters. The first-order chi connectivity index (χ1) is 8.31. The number of pyridine rings is 1. The summed E-state index contributed by atoms with van der Waals surface area (Å²) in [7, 11) is 0. The number of halogens is 1. The zero-order valence-electron chi connectivity index (χ0n) is 9.57. The number of fused-ring (bicyclic) bond motifs is 1. The minimum atomic E-state index is 0.395. The summed E-state index contributed by atoms with van der Waals surface area (Å²) in [6, 6.07) is 12.3. The Morgan fingerprint density at radius 3 is 2.82 bits per heavy atom. The molecule has 88 valence electrons. The van der Waals surface area contributed by atoms with Gasteiger partial charge in [0.15, 0.2) is 0 Å². The van der Waals surface area contributed by atoms with Crippen molar-refractivity contribution in [2.24, 2.45) is 5.92 Å². The van der Waals surface area contributed by atoms with Crippen LogP contribution in [0.4, 0.5) is 5.82 Å². The topological polar surface area (TPSA) is 24.9 Å². The molecule has 1 heterocycles. The van der Waals surface area contributed by atoms with Gasteiger partial charge in [-0.2, -0.15) is 0 Å². The zero-order valence-corrected chi connectivity index (χ0v) is 10.3. The summed E-state index contributed by atoms with van der Waals surface area (Å²) < 4.78 is 0. The average Bonchev–Trinajstić information content (AvgIpc) is 2.33. The van der Waals surface area contributed by atoms with Gasteiger partial charge in [-0.25, -0.2) is 4.98 Å². The van der Waals surface area contributed by atoms with Crippen LogP contribution in [0.2, 0.25) is 0 Å². The average molecular weight is 247 g/mol. The van der Waals surface area contributed by atoms with Gasteiger partial charge < -0.3 is 5.32 Å². The summed E-state index contributed by atoms with van der Waals surface area (Å²) >= 11 is 5.96. The Labute approximate surface area is 106 Å². The summed E-state index contributed by atoms with van der Waals surface area (Å²) in [6.07, 6.45) is 2.25. The van der Waals surface area contributed by atoms with E-state index in [4.69, 9.17) is 11.6 Å². The van der Waals surface area contributed by atoms with Crippen LogP contribution in [0.5, 0.6) is 0 Å². The van der Waals surface area contributed by atoms with Crippen molar-refractivity contribution < 1.29 is 0 Å². The summed E-state index contributed by atoms with van der Waals surface area (Å²) in [5.74, 6) is 1.67. The Hall–Kier alpha value is -1.28. The van der Waals surface area contributed by atoms with Crippen LogP contribution in [0.3, 0.4) is 0 Å². The predicted molar refractivity (Wildman–Crippen MR) is 72.6 cm³/mol. The van der Waals surface area contributed by atoms with Crippen molar-refractivity contribution in [2.75, 3.05) is 11.9 Å². The van der Waals surface area contributed by atoms with Crippen molar-refractivity contribution >= 4 is 28.3 Å². The molecule has 1 saturated carbocycles. The van der Waals surface area contributed by atoms with Gasteiger partial charge in [0, 0.05) is 17.3 Å². The minimum absolute atomic E-state index is 0.395. The van der Waals surface area contributed by atoms with Crippen molar-refractivity contribution in [1.29, 1.82) is 0 Å². The molecule has 1 fully saturated rings. The normalized spacial score (nSPS) is 23.4. The number of alkyl halides is 1. The highest BCUT2D eigenvalue weighted by atomic mass is 35.5.